The third kappa shape index (κ3) is 3.08. The molecule has 0 saturated carbocycles. The average molecular weight is 369 g/mol. The summed E-state index contributed by atoms with van der Waals surface area (Å²) in [5.74, 6) is 0.165. The van der Waals surface area contributed by atoms with Gasteiger partial charge in [0.05, 0.1) is 11.7 Å². The van der Waals surface area contributed by atoms with Gasteiger partial charge in [0.2, 0.25) is 5.91 Å². The molecule has 2 saturated heterocycles. The van der Waals surface area contributed by atoms with Crippen molar-refractivity contribution in [1.82, 2.24) is 19.8 Å². The van der Waals surface area contributed by atoms with E-state index in [1.165, 1.54) is 11.3 Å². The second-order valence-electron chi connectivity index (χ2n) is 6.31. The van der Waals surface area contributed by atoms with Crippen molar-refractivity contribution in [2.24, 2.45) is 0 Å². The summed E-state index contributed by atoms with van der Waals surface area (Å²) in [5, 5.41) is 5.92. The molecule has 2 unspecified atom stereocenters. The number of amides is 1. The first-order chi connectivity index (χ1) is 11.2. The first-order valence-electron chi connectivity index (χ1n) is 8.18. The van der Waals surface area contributed by atoms with Crippen molar-refractivity contribution in [1.29, 1.82) is 0 Å². The predicted molar refractivity (Wildman–Crippen MR) is 96.9 cm³/mol. The number of fused-ring (bicyclic) bond motifs is 3. The van der Waals surface area contributed by atoms with Crippen molar-refractivity contribution < 1.29 is 4.79 Å². The molecule has 2 atom stereocenters. The minimum atomic E-state index is -0.0513. The second kappa shape index (κ2) is 7.21. The number of aromatic nitrogens is 2. The third-order valence-electron chi connectivity index (χ3n) is 4.96. The number of halogens is 1. The molecular formula is C16H21ClN4O2S. The molecular weight excluding hydrogens is 348 g/mol. The van der Waals surface area contributed by atoms with Crippen LogP contribution in [0.1, 0.15) is 25.7 Å². The van der Waals surface area contributed by atoms with Crippen LogP contribution in [-0.2, 0) is 11.3 Å². The number of nitrogens with zero attached hydrogens (tertiary/aromatic N) is 3. The summed E-state index contributed by atoms with van der Waals surface area (Å²) >= 11 is 1.46. The molecule has 130 valence electrons. The summed E-state index contributed by atoms with van der Waals surface area (Å²) in [6.45, 7) is 2.29. The molecule has 6 nitrogen and oxygen atoms in total. The number of thiophene rings is 1. The lowest BCUT2D eigenvalue weighted by Gasteiger charge is -2.28. The number of rotatable bonds is 3. The van der Waals surface area contributed by atoms with E-state index < -0.39 is 0 Å². The third-order valence-corrected chi connectivity index (χ3v) is 5.78. The van der Waals surface area contributed by atoms with Crippen LogP contribution in [0.5, 0.6) is 0 Å². The fourth-order valence-corrected chi connectivity index (χ4v) is 4.51. The fourth-order valence-electron chi connectivity index (χ4n) is 3.79. The maximum atomic E-state index is 12.7. The monoisotopic (exact) mass is 368 g/mol. The van der Waals surface area contributed by atoms with Gasteiger partial charge in [-0.3, -0.25) is 14.2 Å². The summed E-state index contributed by atoms with van der Waals surface area (Å²) in [6.07, 6.45) is 5.16. The number of carbonyl (C=O) groups excluding carboxylic acids is 1. The van der Waals surface area contributed by atoms with Gasteiger partial charge in [-0.15, -0.1) is 23.7 Å². The van der Waals surface area contributed by atoms with E-state index in [2.05, 4.69) is 15.2 Å². The Morgan fingerprint density at radius 3 is 3.04 bits per heavy atom. The topological polar surface area (TPSA) is 67.2 Å². The molecule has 0 aromatic carbocycles. The fraction of sp³-hybridized carbons (Fsp3) is 0.562. The Morgan fingerprint density at radius 1 is 1.33 bits per heavy atom. The second-order valence-corrected chi connectivity index (χ2v) is 7.21. The first kappa shape index (κ1) is 17.4. The summed E-state index contributed by atoms with van der Waals surface area (Å²) in [7, 11) is 0. The molecule has 0 spiro atoms. The highest BCUT2D eigenvalue weighted by molar-refractivity contribution is 7.16. The number of hydrogen-bond donors (Lipinski definition) is 1. The van der Waals surface area contributed by atoms with Crippen molar-refractivity contribution in [2.45, 2.75) is 44.3 Å². The Kier molecular flexibility index (Phi) is 5.22. The maximum absolute atomic E-state index is 12.7. The smallest absolute Gasteiger partial charge is 0.262 e. The number of nitrogens with one attached hydrogen (secondary N) is 1. The zero-order valence-corrected chi connectivity index (χ0v) is 14.9. The first-order valence-corrected chi connectivity index (χ1v) is 9.06. The van der Waals surface area contributed by atoms with Crippen LogP contribution in [-0.4, -0.2) is 45.5 Å². The summed E-state index contributed by atoms with van der Waals surface area (Å²) in [6, 6.07) is 2.50. The molecule has 2 aliphatic rings. The lowest BCUT2D eigenvalue weighted by molar-refractivity contribution is -0.134. The Balaban J connectivity index is 0.00000169. The molecule has 24 heavy (non-hydrogen) atoms. The van der Waals surface area contributed by atoms with E-state index in [1.807, 2.05) is 5.38 Å². The summed E-state index contributed by atoms with van der Waals surface area (Å²) in [5.41, 5.74) is -0.0513. The van der Waals surface area contributed by atoms with Gasteiger partial charge in [-0.05, 0) is 37.3 Å². The van der Waals surface area contributed by atoms with Gasteiger partial charge in [-0.1, -0.05) is 0 Å². The van der Waals surface area contributed by atoms with E-state index in [4.69, 9.17) is 0 Å². The largest absolute Gasteiger partial charge is 0.335 e. The SMILES string of the molecule is Cl.O=C(CCn1cnc2sccc2c1=O)N1C2CCNCC1CC2. The maximum Gasteiger partial charge on any atom is 0.262 e. The standard InChI is InChI=1S/C16H20N4O2S.ClH/c21-14(20-11-1-2-12(20)9-17-6-3-11)4-7-19-10-18-15-13(16(19)22)5-8-23-15;/h5,8,10-12,17H,1-4,6-7,9H2;1H. The van der Waals surface area contributed by atoms with Crippen molar-refractivity contribution >= 4 is 39.9 Å². The van der Waals surface area contributed by atoms with Crippen molar-refractivity contribution in [3.8, 4) is 0 Å². The van der Waals surface area contributed by atoms with Gasteiger partial charge in [0, 0.05) is 31.6 Å². The van der Waals surface area contributed by atoms with Gasteiger partial charge in [0.15, 0.2) is 0 Å². The van der Waals surface area contributed by atoms with Crippen molar-refractivity contribution in [2.75, 3.05) is 13.1 Å². The van der Waals surface area contributed by atoms with E-state index in [9.17, 15) is 9.59 Å². The molecule has 1 amide bonds. The molecule has 2 aliphatic heterocycles. The van der Waals surface area contributed by atoms with E-state index in [0.717, 1.165) is 37.2 Å². The molecule has 4 rings (SSSR count). The Hall–Kier alpha value is -1.44. The molecule has 2 bridgehead atoms. The van der Waals surface area contributed by atoms with Gasteiger partial charge < -0.3 is 10.2 Å². The Morgan fingerprint density at radius 2 is 2.17 bits per heavy atom. The number of aryl methyl sites for hydroxylation is 1. The van der Waals surface area contributed by atoms with E-state index in [1.54, 1.807) is 17.0 Å². The van der Waals surface area contributed by atoms with Gasteiger partial charge >= 0.3 is 0 Å². The molecule has 2 aromatic rings. The molecule has 2 fully saturated rings. The minimum Gasteiger partial charge on any atom is -0.335 e. The van der Waals surface area contributed by atoms with E-state index in [-0.39, 0.29) is 23.9 Å². The van der Waals surface area contributed by atoms with Crippen LogP contribution in [0.25, 0.3) is 10.2 Å². The van der Waals surface area contributed by atoms with Crippen LogP contribution in [0.4, 0.5) is 0 Å². The molecule has 4 heterocycles. The number of carbonyl (C=O) groups is 1. The van der Waals surface area contributed by atoms with Crippen LogP contribution in [0.15, 0.2) is 22.6 Å². The Labute approximate surface area is 150 Å². The lowest BCUT2D eigenvalue weighted by Crippen LogP contribution is -2.43. The quantitative estimate of drug-likeness (QED) is 0.894. The van der Waals surface area contributed by atoms with Crippen LogP contribution >= 0.6 is 23.7 Å². The van der Waals surface area contributed by atoms with Gasteiger partial charge in [0.1, 0.15) is 4.83 Å². The van der Waals surface area contributed by atoms with Crippen molar-refractivity contribution in [3.63, 3.8) is 0 Å². The minimum absolute atomic E-state index is 0. The molecule has 0 radical (unpaired) electrons. The molecule has 8 heteroatoms. The summed E-state index contributed by atoms with van der Waals surface area (Å²) in [4.78, 5) is 32.2. The highest BCUT2D eigenvalue weighted by Gasteiger charge is 2.37. The van der Waals surface area contributed by atoms with Gasteiger partial charge in [-0.25, -0.2) is 4.98 Å². The highest BCUT2D eigenvalue weighted by atomic mass is 35.5. The molecule has 1 N–H and O–H groups in total. The Bertz CT molecular complexity index is 776. The normalized spacial score (nSPS) is 23.1. The molecule has 2 aromatic heterocycles. The number of hydrogen-bond acceptors (Lipinski definition) is 5. The summed E-state index contributed by atoms with van der Waals surface area (Å²) < 4.78 is 1.56. The van der Waals surface area contributed by atoms with Crippen LogP contribution in [0.2, 0.25) is 0 Å². The van der Waals surface area contributed by atoms with Crippen molar-refractivity contribution in [3.05, 3.63) is 28.1 Å². The van der Waals surface area contributed by atoms with Crippen LogP contribution in [0, 0.1) is 0 Å². The predicted octanol–water partition coefficient (Wildman–Crippen LogP) is 1.62. The molecule has 0 aliphatic carbocycles. The zero-order valence-electron chi connectivity index (χ0n) is 13.3. The van der Waals surface area contributed by atoms with Crippen LogP contribution < -0.4 is 10.9 Å². The van der Waals surface area contributed by atoms with E-state index >= 15 is 0 Å². The lowest BCUT2D eigenvalue weighted by atomic mass is 10.1. The average Bonchev–Trinajstić information content (AvgIpc) is 3.10. The zero-order chi connectivity index (χ0) is 15.8. The van der Waals surface area contributed by atoms with Gasteiger partial charge in [-0.2, -0.15) is 0 Å². The van der Waals surface area contributed by atoms with E-state index in [0.29, 0.717) is 30.4 Å². The van der Waals surface area contributed by atoms with Gasteiger partial charge in [0.25, 0.3) is 5.56 Å². The van der Waals surface area contributed by atoms with Crippen LogP contribution in [0.3, 0.4) is 0 Å². The highest BCUT2D eigenvalue weighted by Crippen LogP contribution is 2.28.